The number of hydrogen-bond acceptors (Lipinski definition) is 8. The monoisotopic (exact) mass is 650 g/mol. The highest BCUT2D eigenvalue weighted by molar-refractivity contribution is 7.99. The molecule has 3 aromatic rings. The van der Waals surface area contributed by atoms with E-state index in [4.69, 9.17) is 28.1 Å². The minimum atomic E-state index is -2.89. The molecule has 242 valence electrons. The molecule has 1 heterocycles. The third-order valence-corrected chi connectivity index (χ3v) is 13.9. The molecule has 4 rings (SSSR count). The van der Waals surface area contributed by atoms with E-state index in [1.807, 2.05) is 42.7 Å². The predicted molar refractivity (Wildman–Crippen MR) is 183 cm³/mol. The lowest BCUT2D eigenvalue weighted by molar-refractivity contribution is -0.240. The van der Waals surface area contributed by atoms with Crippen LogP contribution in [0.5, 0.6) is 5.75 Å². The molecule has 5 atom stereocenters. The summed E-state index contributed by atoms with van der Waals surface area (Å²) in [6.45, 7) is 12.7. The molecule has 0 unspecified atom stereocenters. The Morgan fingerprint density at radius 2 is 1.51 bits per heavy atom. The van der Waals surface area contributed by atoms with Crippen molar-refractivity contribution in [1.29, 1.82) is 0 Å². The van der Waals surface area contributed by atoms with Gasteiger partial charge in [-0.3, -0.25) is 4.79 Å². The van der Waals surface area contributed by atoms with Crippen LogP contribution in [0.3, 0.4) is 0 Å². The highest BCUT2D eigenvalue weighted by Gasteiger charge is 2.53. The fourth-order valence-corrected chi connectivity index (χ4v) is 11.3. The van der Waals surface area contributed by atoms with E-state index in [9.17, 15) is 4.79 Å². The van der Waals surface area contributed by atoms with E-state index in [-0.39, 0.29) is 18.3 Å². The Hall–Kier alpha value is -2.92. The number of ether oxygens (including phenoxy) is 5. The van der Waals surface area contributed by atoms with E-state index in [2.05, 4.69) is 75.9 Å². The van der Waals surface area contributed by atoms with Gasteiger partial charge in [0.2, 0.25) is 0 Å². The van der Waals surface area contributed by atoms with Crippen LogP contribution in [0.4, 0.5) is 0 Å². The van der Waals surface area contributed by atoms with Crippen LogP contribution >= 0.6 is 11.8 Å². The van der Waals surface area contributed by atoms with E-state index < -0.39 is 44.1 Å². The number of carbonyl (C=O) groups is 1. The largest absolute Gasteiger partial charge is 0.497 e. The highest BCUT2D eigenvalue weighted by Crippen LogP contribution is 2.39. The van der Waals surface area contributed by atoms with Crippen molar-refractivity contribution < 1.29 is 32.9 Å². The van der Waals surface area contributed by atoms with Crippen molar-refractivity contribution >= 4 is 36.4 Å². The highest BCUT2D eigenvalue weighted by atomic mass is 32.2. The van der Waals surface area contributed by atoms with Gasteiger partial charge < -0.3 is 28.1 Å². The van der Waals surface area contributed by atoms with Crippen molar-refractivity contribution in [1.82, 2.24) is 0 Å². The first-order valence-corrected chi connectivity index (χ1v) is 18.4. The lowest BCUT2D eigenvalue weighted by atomic mass is 9.99. The summed E-state index contributed by atoms with van der Waals surface area (Å²) in [5.41, 5.74) is 0.567. The Kier molecular flexibility index (Phi) is 12.5. The molecule has 3 aromatic carbocycles. The van der Waals surface area contributed by atoms with Crippen molar-refractivity contribution in [2.45, 2.75) is 69.2 Å². The van der Waals surface area contributed by atoms with Gasteiger partial charge in [0.1, 0.15) is 29.5 Å². The summed E-state index contributed by atoms with van der Waals surface area (Å²) in [5, 5.41) is 2.08. The maximum atomic E-state index is 12.5. The van der Waals surface area contributed by atoms with Crippen LogP contribution in [-0.4, -0.2) is 70.7 Å². The van der Waals surface area contributed by atoms with E-state index in [0.29, 0.717) is 6.61 Å². The van der Waals surface area contributed by atoms with E-state index >= 15 is 0 Å². The van der Waals surface area contributed by atoms with Gasteiger partial charge in [-0.05, 0) is 39.4 Å². The van der Waals surface area contributed by atoms with Crippen LogP contribution < -0.4 is 15.1 Å². The molecule has 7 nitrogen and oxygen atoms in total. The van der Waals surface area contributed by atoms with Crippen LogP contribution in [0.2, 0.25) is 5.04 Å². The molecule has 1 fully saturated rings. The zero-order valence-electron chi connectivity index (χ0n) is 27.1. The van der Waals surface area contributed by atoms with Gasteiger partial charge in [0.05, 0.1) is 26.9 Å². The number of esters is 1. The van der Waals surface area contributed by atoms with E-state index in [1.54, 1.807) is 13.2 Å². The van der Waals surface area contributed by atoms with Gasteiger partial charge in [-0.15, -0.1) is 18.3 Å². The maximum absolute atomic E-state index is 12.5. The second kappa shape index (κ2) is 16.1. The van der Waals surface area contributed by atoms with Gasteiger partial charge in [0.25, 0.3) is 8.32 Å². The van der Waals surface area contributed by atoms with Crippen molar-refractivity contribution in [2.24, 2.45) is 0 Å². The molecule has 0 aliphatic carbocycles. The number of benzene rings is 3. The van der Waals surface area contributed by atoms with Crippen LogP contribution in [0.15, 0.2) is 97.6 Å². The van der Waals surface area contributed by atoms with Crippen molar-refractivity contribution in [3.63, 3.8) is 0 Å². The van der Waals surface area contributed by atoms with Gasteiger partial charge in [0.15, 0.2) is 6.10 Å². The lowest BCUT2D eigenvalue weighted by Gasteiger charge is -2.47. The normalized spacial score (nSPS) is 22.0. The molecule has 1 saturated heterocycles. The zero-order valence-corrected chi connectivity index (χ0v) is 29.0. The molecule has 0 N–H and O–H groups in total. The molecule has 0 aromatic heterocycles. The van der Waals surface area contributed by atoms with Crippen LogP contribution in [0.25, 0.3) is 0 Å². The van der Waals surface area contributed by atoms with Crippen molar-refractivity contribution in [3.05, 3.63) is 103 Å². The van der Waals surface area contributed by atoms with Crippen LogP contribution in [0, 0.1) is 0 Å². The van der Waals surface area contributed by atoms with E-state index in [1.165, 1.54) is 18.7 Å². The number of rotatable bonds is 14. The Bertz CT molecular complexity index is 1310. The molecule has 0 spiro atoms. The number of hydrogen-bond donors (Lipinski definition) is 0. The molecular weight excluding hydrogens is 605 g/mol. The van der Waals surface area contributed by atoms with Gasteiger partial charge in [-0.2, -0.15) is 0 Å². The summed E-state index contributed by atoms with van der Waals surface area (Å²) in [6, 6.07) is 28.6. The SMILES string of the molecule is C=CCO[C@H]1[C@@H](OC(C)=O)[C@@H](CO[Si](c2ccccc2)(c2ccccc2)C(C)(C)C)O[C@@H](SC)[C@@H]1OCc1ccc(OC)cc1. The fraction of sp³-hybridized carbons (Fsp3) is 0.417. The molecule has 0 bridgehead atoms. The molecule has 0 amide bonds. The molecule has 45 heavy (non-hydrogen) atoms. The average Bonchev–Trinajstić information content (AvgIpc) is 3.04. The number of carbonyl (C=O) groups excluding carboxylic acids is 1. The van der Waals surface area contributed by atoms with Crippen molar-refractivity contribution in [2.75, 3.05) is 26.6 Å². The molecule has 0 saturated carbocycles. The maximum Gasteiger partial charge on any atom is 0.303 e. The third kappa shape index (κ3) is 8.27. The summed E-state index contributed by atoms with van der Waals surface area (Å²) in [4.78, 5) is 12.5. The summed E-state index contributed by atoms with van der Waals surface area (Å²) in [5.74, 6) is 0.343. The smallest absolute Gasteiger partial charge is 0.303 e. The summed E-state index contributed by atoms with van der Waals surface area (Å²) in [6.07, 6.45) is 1.13. The Labute approximate surface area is 273 Å². The van der Waals surface area contributed by atoms with Crippen LogP contribution in [0.1, 0.15) is 33.3 Å². The predicted octanol–water partition coefficient (Wildman–Crippen LogP) is 5.75. The Balaban J connectivity index is 1.69. The van der Waals surface area contributed by atoms with Gasteiger partial charge in [-0.25, -0.2) is 0 Å². The molecular formula is C36H46O7SSi. The molecule has 1 aliphatic heterocycles. The molecule has 1 aliphatic rings. The first-order chi connectivity index (χ1) is 21.6. The second-order valence-corrected chi connectivity index (χ2v) is 17.3. The van der Waals surface area contributed by atoms with Gasteiger partial charge in [0, 0.05) is 6.92 Å². The first kappa shape index (κ1) is 34.9. The fourth-order valence-electron chi connectivity index (χ4n) is 5.96. The van der Waals surface area contributed by atoms with E-state index in [0.717, 1.165) is 21.7 Å². The van der Waals surface area contributed by atoms with Gasteiger partial charge in [-0.1, -0.05) is 99.6 Å². The Morgan fingerprint density at radius 1 is 0.911 bits per heavy atom. The Morgan fingerprint density at radius 3 is 2.00 bits per heavy atom. The standard InChI is InChI=1S/C36H46O7SSi/c1-8-23-39-33-32(42-26(2)37)31(43-35(44-7)34(33)40-24-27-19-21-28(38-6)22-20-27)25-41-45(36(3,4)5,29-15-11-9-12-16-29)30-17-13-10-14-18-30/h8-22,31-35H,1,23-25H2,2-7H3/t31-,32+,33+,34-,35+/m1/s1. The summed E-state index contributed by atoms with van der Waals surface area (Å²) in [7, 11) is -1.25. The van der Waals surface area contributed by atoms with Gasteiger partial charge >= 0.3 is 5.97 Å². The zero-order chi connectivity index (χ0) is 32.5. The minimum Gasteiger partial charge on any atom is -0.497 e. The third-order valence-electron chi connectivity index (χ3n) is 8.01. The van der Waals surface area contributed by atoms with Crippen LogP contribution in [-0.2, 0) is 34.8 Å². The molecule has 9 heteroatoms. The topological polar surface area (TPSA) is 72.5 Å². The lowest BCUT2D eigenvalue weighted by Crippen LogP contribution is -2.68. The average molecular weight is 651 g/mol. The molecule has 0 radical (unpaired) electrons. The second-order valence-electron chi connectivity index (χ2n) is 12.0. The summed E-state index contributed by atoms with van der Waals surface area (Å²) < 4.78 is 38.0. The van der Waals surface area contributed by atoms with Crippen molar-refractivity contribution in [3.8, 4) is 5.75 Å². The number of thioether (sulfide) groups is 1. The summed E-state index contributed by atoms with van der Waals surface area (Å²) >= 11 is 1.53. The first-order valence-electron chi connectivity index (χ1n) is 15.2. The number of methoxy groups -OCH3 is 1. The minimum absolute atomic E-state index is 0.196. The quantitative estimate of drug-likeness (QED) is 0.124.